The fourth-order valence-electron chi connectivity index (χ4n) is 3.03. The van der Waals surface area contributed by atoms with E-state index in [1.54, 1.807) is 7.11 Å². The molecule has 126 valence electrons. The van der Waals surface area contributed by atoms with Gasteiger partial charge in [-0.25, -0.2) is 0 Å². The number of benzene rings is 1. The van der Waals surface area contributed by atoms with E-state index >= 15 is 0 Å². The number of hydrogen-bond acceptors (Lipinski definition) is 6. The maximum atomic E-state index is 5.50. The lowest BCUT2D eigenvalue weighted by atomic mass is 10.0. The van der Waals surface area contributed by atoms with Crippen LogP contribution in [0.3, 0.4) is 0 Å². The molecule has 2 unspecified atom stereocenters. The average Bonchev–Trinajstić information content (AvgIpc) is 3.02. The van der Waals surface area contributed by atoms with Gasteiger partial charge in [-0.2, -0.15) is 0 Å². The molecule has 0 aromatic heterocycles. The Labute approximate surface area is 137 Å². The molecule has 0 radical (unpaired) electrons. The molecule has 1 fully saturated rings. The molecule has 0 aliphatic carbocycles. The highest BCUT2D eigenvalue weighted by Gasteiger charge is 2.23. The lowest BCUT2D eigenvalue weighted by Crippen LogP contribution is -2.46. The summed E-state index contributed by atoms with van der Waals surface area (Å²) in [5, 5.41) is 6.82. The standard InChI is InChI=1S/C17H26N4O2/c1-13-11-18-17(20-13)19-12-16(21-7-9-23-10-8-21)14-3-5-15(22-2)6-4-14/h3-6,13,16H,7-12H2,1-2H3,(H2,18,19,20). The van der Waals surface area contributed by atoms with E-state index in [2.05, 4.69) is 39.6 Å². The zero-order chi connectivity index (χ0) is 16.1. The van der Waals surface area contributed by atoms with Gasteiger partial charge < -0.3 is 20.1 Å². The van der Waals surface area contributed by atoms with Crippen molar-refractivity contribution in [3.63, 3.8) is 0 Å². The lowest BCUT2D eigenvalue weighted by molar-refractivity contribution is 0.0170. The van der Waals surface area contributed by atoms with Gasteiger partial charge in [-0.1, -0.05) is 12.1 Å². The van der Waals surface area contributed by atoms with Gasteiger partial charge in [0, 0.05) is 25.7 Å². The highest BCUT2D eigenvalue weighted by Crippen LogP contribution is 2.23. The summed E-state index contributed by atoms with van der Waals surface area (Å²) in [6.07, 6.45) is 0. The molecule has 0 spiro atoms. The van der Waals surface area contributed by atoms with Crippen molar-refractivity contribution < 1.29 is 9.47 Å². The van der Waals surface area contributed by atoms with Crippen LogP contribution in [0.25, 0.3) is 0 Å². The molecule has 6 heteroatoms. The molecule has 0 saturated carbocycles. The van der Waals surface area contributed by atoms with Crippen LogP contribution < -0.4 is 15.4 Å². The first kappa shape index (κ1) is 16.1. The highest BCUT2D eigenvalue weighted by atomic mass is 16.5. The van der Waals surface area contributed by atoms with Crippen molar-refractivity contribution in [2.24, 2.45) is 4.99 Å². The smallest absolute Gasteiger partial charge is 0.191 e. The van der Waals surface area contributed by atoms with Crippen LogP contribution in [0.2, 0.25) is 0 Å². The van der Waals surface area contributed by atoms with Gasteiger partial charge in [-0.3, -0.25) is 9.89 Å². The van der Waals surface area contributed by atoms with E-state index in [-0.39, 0.29) is 0 Å². The Morgan fingerprint density at radius 2 is 2.09 bits per heavy atom. The average molecular weight is 318 g/mol. The Bertz CT molecular complexity index is 526. The van der Waals surface area contributed by atoms with Crippen LogP contribution in [0.15, 0.2) is 29.3 Å². The van der Waals surface area contributed by atoms with Crippen molar-refractivity contribution in [3.8, 4) is 5.75 Å². The van der Waals surface area contributed by atoms with Gasteiger partial charge in [0.15, 0.2) is 5.96 Å². The fourth-order valence-corrected chi connectivity index (χ4v) is 3.03. The summed E-state index contributed by atoms with van der Waals surface area (Å²) in [5.74, 6) is 1.79. The Morgan fingerprint density at radius 3 is 2.70 bits per heavy atom. The zero-order valence-electron chi connectivity index (χ0n) is 13.9. The van der Waals surface area contributed by atoms with E-state index in [1.807, 2.05) is 12.1 Å². The van der Waals surface area contributed by atoms with Gasteiger partial charge in [0.25, 0.3) is 0 Å². The largest absolute Gasteiger partial charge is 0.497 e. The van der Waals surface area contributed by atoms with Crippen LogP contribution in [0.4, 0.5) is 0 Å². The number of aliphatic imine (C=N–C) groups is 1. The number of morpholine rings is 1. The molecule has 6 nitrogen and oxygen atoms in total. The van der Waals surface area contributed by atoms with Crippen molar-refractivity contribution >= 4 is 5.96 Å². The third-order valence-corrected chi connectivity index (χ3v) is 4.36. The van der Waals surface area contributed by atoms with Crippen LogP contribution >= 0.6 is 0 Å². The van der Waals surface area contributed by atoms with Gasteiger partial charge in [0.1, 0.15) is 5.75 Å². The first-order valence-corrected chi connectivity index (χ1v) is 8.27. The molecule has 1 saturated heterocycles. The van der Waals surface area contributed by atoms with Crippen molar-refractivity contribution in [1.82, 2.24) is 15.5 Å². The van der Waals surface area contributed by atoms with Crippen LogP contribution in [-0.4, -0.2) is 63.4 Å². The summed E-state index contributed by atoms with van der Waals surface area (Å²) < 4.78 is 10.8. The van der Waals surface area contributed by atoms with Crippen molar-refractivity contribution in [2.75, 3.05) is 46.5 Å². The number of ether oxygens (including phenoxy) is 2. The van der Waals surface area contributed by atoms with E-state index in [0.717, 1.165) is 51.1 Å². The molecule has 23 heavy (non-hydrogen) atoms. The number of guanidine groups is 1. The second kappa shape index (κ2) is 7.66. The van der Waals surface area contributed by atoms with Gasteiger partial charge in [0.2, 0.25) is 0 Å². The first-order chi connectivity index (χ1) is 11.3. The molecule has 2 atom stereocenters. The Morgan fingerprint density at radius 1 is 1.35 bits per heavy atom. The van der Waals surface area contributed by atoms with E-state index in [4.69, 9.17) is 9.47 Å². The molecule has 2 aliphatic heterocycles. The SMILES string of the molecule is COc1ccc(C(CNC2=NCC(C)N2)N2CCOCC2)cc1. The summed E-state index contributed by atoms with van der Waals surface area (Å²) in [6.45, 7) is 7.30. The van der Waals surface area contributed by atoms with Crippen LogP contribution in [0.5, 0.6) is 5.75 Å². The van der Waals surface area contributed by atoms with Crippen LogP contribution in [-0.2, 0) is 4.74 Å². The second-order valence-corrected chi connectivity index (χ2v) is 6.05. The van der Waals surface area contributed by atoms with E-state index in [0.29, 0.717) is 12.1 Å². The second-order valence-electron chi connectivity index (χ2n) is 6.05. The molecule has 0 bridgehead atoms. The van der Waals surface area contributed by atoms with Gasteiger partial charge in [-0.15, -0.1) is 0 Å². The number of methoxy groups -OCH3 is 1. The third-order valence-electron chi connectivity index (χ3n) is 4.36. The predicted molar refractivity (Wildman–Crippen MR) is 91.0 cm³/mol. The molecule has 0 amide bonds. The Balaban J connectivity index is 1.69. The van der Waals surface area contributed by atoms with Crippen LogP contribution in [0.1, 0.15) is 18.5 Å². The summed E-state index contributed by atoms with van der Waals surface area (Å²) >= 11 is 0. The number of hydrogen-bond donors (Lipinski definition) is 2. The Kier molecular flexibility index (Phi) is 5.35. The Hall–Kier alpha value is -1.79. The molecule has 2 heterocycles. The van der Waals surface area contributed by atoms with E-state index in [9.17, 15) is 0 Å². The van der Waals surface area contributed by atoms with Gasteiger partial charge >= 0.3 is 0 Å². The number of rotatable bonds is 5. The monoisotopic (exact) mass is 318 g/mol. The van der Waals surface area contributed by atoms with Crippen molar-refractivity contribution in [3.05, 3.63) is 29.8 Å². The molecule has 1 aromatic carbocycles. The fraction of sp³-hybridized carbons (Fsp3) is 0.588. The minimum atomic E-state index is 0.296. The summed E-state index contributed by atoms with van der Waals surface area (Å²) in [7, 11) is 1.70. The maximum absolute atomic E-state index is 5.50. The van der Waals surface area contributed by atoms with Crippen LogP contribution in [0, 0.1) is 0 Å². The summed E-state index contributed by atoms with van der Waals surface area (Å²) in [6, 6.07) is 9.05. The normalized spacial score (nSPS) is 23.0. The predicted octanol–water partition coefficient (Wildman–Crippen LogP) is 1.01. The quantitative estimate of drug-likeness (QED) is 0.848. The summed E-state index contributed by atoms with van der Waals surface area (Å²) in [4.78, 5) is 6.96. The number of nitrogens with zero attached hydrogens (tertiary/aromatic N) is 2. The first-order valence-electron chi connectivity index (χ1n) is 8.27. The topological polar surface area (TPSA) is 58.1 Å². The zero-order valence-corrected chi connectivity index (χ0v) is 13.9. The minimum absolute atomic E-state index is 0.296. The minimum Gasteiger partial charge on any atom is -0.497 e. The summed E-state index contributed by atoms with van der Waals surface area (Å²) in [5.41, 5.74) is 1.28. The molecular weight excluding hydrogens is 292 g/mol. The van der Waals surface area contributed by atoms with Gasteiger partial charge in [0.05, 0.1) is 32.9 Å². The van der Waals surface area contributed by atoms with Crippen molar-refractivity contribution in [2.45, 2.75) is 19.0 Å². The van der Waals surface area contributed by atoms with Gasteiger partial charge in [-0.05, 0) is 24.6 Å². The molecule has 2 aliphatic rings. The lowest BCUT2D eigenvalue weighted by Gasteiger charge is -2.35. The maximum Gasteiger partial charge on any atom is 0.191 e. The molecule has 3 rings (SSSR count). The molecule has 1 aromatic rings. The third kappa shape index (κ3) is 4.14. The molecular formula is C17H26N4O2. The van der Waals surface area contributed by atoms with Crippen molar-refractivity contribution in [1.29, 1.82) is 0 Å². The van der Waals surface area contributed by atoms with E-state index in [1.165, 1.54) is 5.56 Å². The molecule has 2 N–H and O–H groups in total. The highest BCUT2D eigenvalue weighted by molar-refractivity contribution is 5.81. The number of nitrogens with one attached hydrogen (secondary N) is 2. The van der Waals surface area contributed by atoms with E-state index < -0.39 is 0 Å².